The number of aromatic nitrogens is 4. The molecule has 4 heteroatoms. The molecule has 4 nitrogen and oxygen atoms in total. The number of benzene rings is 4. The number of hydrogen-bond acceptors (Lipinski definition) is 2. The summed E-state index contributed by atoms with van der Waals surface area (Å²) in [6, 6.07) is 28.4. The molecule has 2 N–H and O–H groups in total. The summed E-state index contributed by atoms with van der Waals surface area (Å²) in [5, 5.41) is 0. The monoisotopic (exact) mass is 951 g/mol. The summed E-state index contributed by atoms with van der Waals surface area (Å²) in [7, 11) is 0. The topological polar surface area (TPSA) is 57.4 Å². The van der Waals surface area contributed by atoms with Gasteiger partial charge in [0.2, 0.25) is 0 Å². The van der Waals surface area contributed by atoms with Gasteiger partial charge in [-0.05, 0) is 174 Å². The molecule has 2 aliphatic rings. The fourth-order valence-corrected chi connectivity index (χ4v) is 13.1. The van der Waals surface area contributed by atoms with E-state index < -0.39 is 0 Å². The Hall–Kier alpha value is -6.52. The Kier molecular flexibility index (Phi) is 14.1. The molecular weight excluding hydrogens is 873 g/mol. The standard InChI is InChI=1S/C68H78N4/c1-17-49-50(18-2)62-58(46-31-39(11)26-40(12)32-46)64-53(21-5)54(22-6)66(71-64)60(48-35-43(15)28-44(16)36-48)68-56(24-8)55(23-7)67(72-68)59(47-33-41(13)27-42(14)34-47)65-52(20-4)51(19-3)63(70-65)57(61(49)69-62)45-29-37(9)25-38(10)30-45/h25-36,69,72H,17-24H2,1-16H3. The van der Waals surface area contributed by atoms with Gasteiger partial charge in [0.25, 0.3) is 0 Å². The Morgan fingerprint density at radius 2 is 0.444 bits per heavy atom. The van der Waals surface area contributed by atoms with Gasteiger partial charge in [0.15, 0.2) is 0 Å². The minimum atomic E-state index is 0.858. The van der Waals surface area contributed by atoms with Gasteiger partial charge in [0.05, 0.1) is 44.8 Å². The fraction of sp³-hybridized carbons (Fsp3) is 0.353. The quantitative estimate of drug-likeness (QED) is 0.128. The number of aromatic amines is 2. The number of hydrogen-bond donors (Lipinski definition) is 2. The van der Waals surface area contributed by atoms with Crippen LogP contribution >= 0.6 is 0 Å². The molecule has 0 fully saturated rings. The Morgan fingerprint density at radius 1 is 0.264 bits per heavy atom. The molecule has 0 aliphatic carbocycles. The second-order valence-electron chi connectivity index (χ2n) is 21.0. The van der Waals surface area contributed by atoms with E-state index in [0.717, 1.165) is 74.1 Å². The highest BCUT2D eigenvalue weighted by atomic mass is 14.8. The van der Waals surface area contributed by atoms with Gasteiger partial charge < -0.3 is 9.97 Å². The number of nitrogens with zero attached hydrogens (tertiary/aromatic N) is 2. The van der Waals surface area contributed by atoms with E-state index in [1.807, 2.05) is 0 Å². The summed E-state index contributed by atoms with van der Waals surface area (Å²) in [6.45, 7) is 36.7. The number of fused-ring (bicyclic) bond motifs is 8. The number of nitrogens with one attached hydrogen (secondary N) is 2. The Balaban J connectivity index is 1.74. The third-order valence-electron chi connectivity index (χ3n) is 15.6. The largest absolute Gasteiger partial charge is 0.354 e. The Labute approximate surface area is 431 Å². The zero-order chi connectivity index (χ0) is 51.4. The molecule has 0 saturated heterocycles. The zero-order valence-electron chi connectivity index (χ0n) is 46.5. The summed E-state index contributed by atoms with van der Waals surface area (Å²) >= 11 is 0. The lowest BCUT2D eigenvalue weighted by Crippen LogP contribution is -1.95. The molecule has 0 unspecified atom stereocenters. The highest BCUT2D eigenvalue weighted by molar-refractivity contribution is 6.09. The van der Waals surface area contributed by atoms with E-state index in [-0.39, 0.29) is 0 Å². The maximum atomic E-state index is 6.17. The number of aryl methyl sites for hydroxylation is 12. The molecule has 9 rings (SSSR count). The van der Waals surface area contributed by atoms with Gasteiger partial charge in [0, 0.05) is 22.3 Å². The van der Waals surface area contributed by atoms with Crippen LogP contribution in [0.25, 0.3) is 88.9 Å². The first-order valence-electron chi connectivity index (χ1n) is 27.3. The summed E-state index contributed by atoms with van der Waals surface area (Å²) in [4.78, 5) is 21.1. The maximum absolute atomic E-state index is 6.17. The van der Waals surface area contributed by atoms with Crippen molar-refractivity contribution in [3.05, 3.63) is 162 Å². The normalized spacial score (nSPS) is 12.8. The molecule has 2 aliphatic heterocycles. The van der Waals surface area contributed by atoms with Gasteiger partial charge in [-0.2, -0.15) is 0 Å². The van der Waals surface area contributed by atoms with E-state index in [0.29, 0.717) is 0 Å². The number of H-pyrrole nitrogens is 2. The summed E-state index contributed by atoms with van der Waals surface area (Å²) in [6.07, 6.45) is 6.91. The average molecular weight is 951 g/mol. The summed E-state index contributed by atoms with van der Waals surface area (Å²) < 4.78 is 0. The van der Waals surface area contributed by atoms with Crippen molar-refractivity contribution in [1.29, 1.82) is 0 Å². The van der Waals surface area contributed by atoms with Crippen molar-refractivity contribution in [2.24, 2.45) is 0 Å². The van der Waals surface area contributed by atoms with E-state index in [1.54, 1.807) is 0 Å². The lowest BCUT2D eigenvalue weighted by atomic mass is 9.89. The van der Waals surface area contributed by atoms with Crippen LogP contribution in [0.5, 0.6) is 0 Å². The molecule has 0 atom stereocenters. The van der Waals surface area contributed by atoms with Crippen LogP contribution in [0.3, 0.4) is 0 Å². The van der Waals surface area contributed by atoms with Gasteiger partial charge >= 0.3 is 0 Å². The number of rotatable bonds is 12. The molecule has 0 radical (unpaired) electrons. The van der Waals surface area contributed by atoms with Crippen LogP contribution in [0.4, 0.5) is 0 Å². The van der Waals surface area contributed by atoms with Crippen LogP contribution in [0.1, 0.15) is 171 Å². The predicted octanol–water partition coefficient (Wildman–Crippen LogP) is 19.2. The lowest BCUT2D eigenvalue weighted by molar-refractivity contribution is 1.07. The van der Waals surface area contributed by atoms with Crippen molar-refractivity contribution >= 4 is 44.4 Å². The highest BCUT2D eigenvalue weighted by Gasteiger charge is 2.32. The van der Waals surface area contributed by atoms with Gasteiger partial charge in [0.1, 0.15) is 0 Å². The Morgan fingerprint density at radius 3 is 0.597 bits per heavy atom. The third-order valence-corrected chi connectivity index (χ3v) is 15.6. The minimum Gasteiger partial charge on any atom is -0.354 e. The van der Waals surface area contributed by atoms with E-state index in [2.05, 4.69) is 194 Å². The van der Waals surface area contributed by atoms with Crippen molar-refractivity contribution in [1.82, 2.24) is 19.9 Å². The summed E-state index contributed by atoms with van der Waals surface area (Å²) in [5.41, 5.74) is 39.3. The molecule has 0 saturated carbocycles. The first-order valence-corrected chi connectivity index (χ1v) is 27.3. The zero-order valence-corrected chi connectivity index (χ0v) is 46.5. The van der Waals surface area contributed by atoms with Crippen molar-refractivity contribution in [3.63, 3.8) is 0 Å². The molecule has 370 valence electrons. The van der Waals surface area contributed by atoms with Gasteiger partial charge in [-0.25, -0.2) is 9.97 Å². The number of allylic oxidation sites excluding steroid dienone is 4. The minimum absolute atomic E-state index is 0.858. The average Bonchev–Trinajstić information content (AvgIpc) is 4.08. The van der Waals surface area contributed by atoms with Crippen LogP contribution in [-0.4, -0.2) is 19.9 Å². The first kappa shape index (κ1) is 50.4. The van der Waals surface area contributed by atoms with Crippen molar-refractivity contribution in [2.75, 3.05) is 0 Å². The molecule has 4 aromatic carbocycles. The molecule has 8 bridgehead atoms. The Bertz CT molecular complexity index is 3040. The van der Waals surface area contributed by atoms with E-state index in [1.165, 1.54) is 156 Å². The van der Waals surface area contributed by atoms with Gasteiger partial charge in [-0.15, -0.1) is 0 Å². The van der Waals surface area contributed by atoms with Crippen LogP contribution in [0, 0.1) is 55.4 Å². The maximum Gasteiger partial charge on any atom is 0.0772 e. The van der Waals surface area contributed by atoms with Crippen molar-refractivity contribution in [3.8, 4) is 44.5 Å². The lowest BCUT2D eigenvalue weighted by Gasteiger charge is -2.13. The molecular formula is C68H78N4. The molecule has 72 heavy (non-hydrogen) atoms. The molecule has 0 spiro atoms. The van der Waals surface area contributed by atoms with Crippen LogP contribution in [0.15, 0.2) is 72.8 Å². The van der Waals surface area contributed by atoms with Crippen LogP contribution < -0.4 is 0 Å². The third kappa shape index (κ3) is 8.63. The van der Waals surface area contributed by atoms with E-state index >= 15 is 0 Å². The first-order chi connectivity index (χ1) is 34.6. The molecule has 0 amide bonds. The van der Waals surface area contributed by atoms with Crippen molar-refractivity contribution < 1.29 is 0 Å². The second kappa shape index (κ2) is 20.2. The fourth-order valence-electron chi connectivity index (χ4n) is 13.1. The van der Waals surface area contributed by atoms with E-state index in [4.69, 9.17) is 9.97 Å². The second-order valence-corrected chi connectivity index (χ2v) is 21.0. The van der Waals surface area contributed by atoms with Crippen molar-refractivity contribution in [2.45, 2.75) is 162 Å². The van der Waals surface area contributed by atoms with Crippen LogP contribution in [0.2, 0.25) is 0 Å². The summed E-state index contributed by atoms with van der Waals surface area (Å²) in [5.74, 6) is 0. The van der Waals surface area contributed by atoms with Gasteiger partial charge in [-0.3, -0.25) is 0 Å². The SMILES string of the molecule is CCC1=C(CC)c2nc1c(-c1cc(C)cc(C)c1)c1[nH]c(c(CC)c1CC)c(-c1cc(C)cc(C)c1)c1nc(c(-c3cc(C)cc(C)c3)c3[nH]c(c(CC)c3CC)c2-c2cc(C)cc(C)c2)C(CC)=C1CC. The molecule has 5 heterocycles. The van der Waals surface area contributed by atoms with Crippen LogP contribution in [-0.2, 0) is 25.7 Å². The predicted molar refractivity (Wildman–Crippen MR) is 313 cm³/mol. The molecule has 3 aromatic heterocycles. The molecule has 7 aromatic rings. The van der Waals surface area contributed by atoms with Gasteiger partial charge in [-0.1, -0.05) is 173 Å². The highest BCUT2D eigenvalue weighted by Crippen LogP contribution is 2.50. The smallest absolute Gasteiger partial charge is 0.0772 e. The van der Waals surface area contributed by atoms with E-state index in [9.17, 15) is 0 Å².